The lowest BCUT2D eigenvalue weighted by Gasteiger charge is -2.30. The molecule has 3 aromatic carbocycles. The van der Waals surface area contributed by atoms with Crippen LogP contribution in [0, 0.1) is 0 Å². The molecule has 0 aromatic heterocycles. The molecule has 1 atom stereocenters. The lowest BCUT2D eigenvalue weighted by Crippen LogP contribution is -2.36. The highest BCUT2D eigenvalue weighted by Gasteiger charge is 2.24. The Morgan fingerprint density at radius 3 is 2.08 bits per heavy atom. The third-order valence-electron chi connectivity index (χ3n) is 7.27. The van der Waals surface area contributed by atoms with E-state index in [0.29, 0.717) is 31.9 Å². The Labute approximate surface area is 217 Å². The predicted octanol–water partition coefficient (Wildman–Crippen LogP) is 5.82. The Morgan fingerprint density at radius 2 is 1.43 bits per heavy atom. The zero-order chi connectivity index (χ0) is 25.6. The second-order valence-electron chi connectivity index (χ2n) is 9.86. The molecule has 192 valence electrons. The summed E-state index contributed by atoms with van der Waals surface area (Å²) < 4.78 is 11.8. The Hall–Kier alpha value is -3.80. The van der Waals surface area contributed by atoms with E-state index < -0.39 is 5.97 Å². The molecule has 6 nitrogen and oxygen atoms in total. The topological polar surface area (TPSA) is 76.1 Å². The van der Waals surface area contributed by atoms with Gasteiger partial charge in [0.05, 0.1) is 19.6 Å². The van der Waals surface area contributed by atoms with Crippen LogP contribution in [-0.2, 0) is 17.8 Å². The van der Waals surface area contributed by atoms with Gasteiger partial charge >= 0.3 is 5.97 Å². The summed E-state index contributed by atoms with van der Waals surface area (Å²) in [6.07, 6.45) is 4.82. The molecule has 8 rings (SSSR count). The van der Waals surface area contributed by atoms with Gasteiger partial charge in [0.2, 0.25) is 0 Å². The average molecular weight is 500 g/mol. The van der Waals surface area contributed by atoms with E-state index >= 15 is 0 Å². The van der Waals surface area contributed by atoms with E-state index in [1.54, 1.807) is 0 Å². The van der Waals surface area contributed by atoms with Crippen molar-refractivity contribution in [2.45, 2.75) is 51.0 Å². The van der Waals surface area contributed by atoms with E-state index in [9.17, 15) is 14.7 Å². The molecule has 0 radical (unpaired) electrons. The molecule has 5 aliphatic rings. The molecule has 1 N–H and O–H groups in total. The van der Waals surface area contributed by atoms with E-state index in [1.807, 2.05) is 59.5 Å². The molecule has 0 saturated heterocycles. The number of carbonyl (C=O) groups is 2. The van der Waals surface area contributed by atoms with Crippen LogP contribution in [0.15, 0.2) is 66.7 Å². The summed E-state index contributed by atoms with van der Waals surface area (Å²) in [6, 6.07) is 21.4. The van der Waals surface area contributed by atoms with Crippen molar-refractivity contribution in [1.82, 2.24) is 4.90 Å². The minimum Gasteiger partial charge on any atom is -0.494 e. The second-order valence-corrected chi connectivity index (χ2v) is 9.86. The van der Waals surface area contributed by atoms with Crippen molar-refractivity contribution in [2.75, 3.05) is 19.8 Å². The first-order valence-corrected chi connectivity index (χ1v) is 13.2. The number of benzene rings is 3. The SMILES string of the molecule is O=C(O)CC1c2ccc(cc2)OCCCCCCOc2ccc(cc2)C(=O)N2CCc3ccc1cc3C2. The molecule has 1 unspecified atom stereocenters. The standard InChI is InChI=1S/C31H33NO5/c33-30(34)20-29-23-7-11-27(12-8-23)36-17-3-1-2-4-18-37-28-13-9-24(10-14-28)31(35)32-16-15-22-5-6-25(29)19-26(22)21-32/h5-14,19,29H,1-4,15-18,20-21H2,(H,33,34). The summed E-state index contributed by atoms with van der Waals surface area (Å²) in [7, 11) is 0. The third kappa shape index (κ3) is 6.13. The number of rotatable bonds is 2. The maximum Gasteiger partial charge on any atom is 0.304 e. The highest BCUT2D eigenvalue weighted by atomic mass is 16.5. The van der Waals surface area contributed by atoms with Gasteiger partial charge in [0, 0.05) is 24.6 Å². The molecule has 5 heterocycles. The summed E-state index contributed by atoms with van der Waals surface area (Å²) in [6.45, 7) is 2.46. The fraction of sp³-hybridized carbons (Fsp3) is 0.355. The predicted molar refractivity (Wildman–Crippen MR) is 141 cm³/mol. The van der Waals surface area contributed by atoms with Gasteiger partial charge in [-0.05, 0) is 90.8 Å². The summed E-state index contributed by atoms with van der Waals surface area (Å²) in [4.78, 5) is 26.9. The molecule has 5 aliphatic heterocycles. The molecule has 37 heavy (non-hydrogen) atoms. The van der Waals surface area contributed by atoms with E-state index in [4.69, 9.17) is 9.47 Å². The number of ether oxygens (including phenoxy) is 2. The lowest BCUT2D eigenvalue weighted by atomic mass is 9.85. The first-order valence-electron chi connectivity index (χ1n) is 13.2. The second kappa shape index (κ2) is 11.5. The Balaban J connectivity index is 1.44. The zero-order valence-corrected chi connectivity index (χ0v) is 21.0. The molecule has 0 saturated carbocycles. The highest BCUT2D eigenvalue weighted by molar-refractivity contribution is 5.94. The van der Waals surface area contributed by atoms with Crippen molar-refractivity contribution in [3.05, 3.63) is 94.5 Å². The van der Waals surface area contributed by atoms with Gasteiger partial charge in [0.1, 0.15) is 11.5 Å². The van der Waals surface area contributed by atoms with Crippen LogP contribution in [0.4, 0.5) is 0 Å². The van der Waals surface area contributed by atoms with E-state index in [-0.39, 0.29) is 18.2 Å². The van der Waals surface area contributed by atoms with Gasteiger partial charge < -0.3 is 19.5 Å². The van der Waals surface area contributed by atoms with Crippen LogP contribution in [0.5, 0.6) is 11.5 Å². The van der Waals surface area contributed by atoms with Gasteiger partial charge in [-0.3, -0.25) is 9.59 Å². The average Bonchev–Trinajstić information content (AvgIpc) is 2.92. The molecule has 1 amide bonds. The number of carbonyl (C=O) groups excluding carboxylic acids is 1. The summed E-state index contributed by atoms with van der Waals surface area (Å²) in [5.41, 5.74) is 4.82. The van der Waals surface area contributed by atoms with E-state index in [1.165, 1.54) is 5.56 Å². The van der Waals surface area contributed by atoms with Gasteiger partial charge in [0.15, 0.2) is 0 Å². The van der Waals surface area contributed by atoms with Crippen molar-refractivity contribution < 1.29 is 24.2 Å². The minimum atomic E-state index is -0.843. The normalized spacial score (nSPS) is 18.3. The number of hydrogen-bond acceptors (Lipinski definition) is 4. The largest absolute Gasteiger partial charge is 0.494 e. The summed E-state index contributed by atoms with van der Waals surface area (Å²) in [5.74, 6) is 0.447. The third-order valence-corrected chi connectivity index (χ3v) is 7.27. The smallest absolute Gasteiger partial charge is 0.304 e. The van der Waals surface area contributed by atoms with Crippen molar-refractivity contribution in [1.29, 1.82) is 0 Å². The fourth-order valence-electron chi connectivity index (χ4n) is 5.18. The number of nitrogens with zero attached hydrogens (tertiary/aromatic N) is 1. The van der Waals surface area contributed by atoms with E-state index in [2.05, 4.69) is 12.1 Å². The lowest BCUT2D eigenvalue weighted by molar-refractivity contribution is -0.137. The first-order chi connectivity index (χ1) is 18.1. The fourth-order valence-corrected chi connectivity index (χ4v) is 5.18. The Kier molecular flexibility index (Phi) is 7.73. The van der Waals surface area contributed by atoms with Crippen molar-refractivity contribution in [2.24, 2.45) is 0 Å². The Bertz CT molecular complexity index is 1240. The number of carboxylic acid groups (broad SMARTS) is 1. The summed E-state index contributed by atoms with van der Waals surface area (Å²) >= 11 is 0. The molecule has 6 heteroatoms. The molecular formula is C31H33NO5. The molecule has 7 bridgehead atoms. The van der Waals surface area contributed by atoms with Crippen LogP contribution < -0.4 is 9.47 Å². The molecule has 3 aromatic rings. The zero-order valence-electron chi connectivity index (χ0n) is 21.0. The molecular weight excluding hydrogens is 466 g/mol. The number of carboxylic acids is 1. The number of aliphatic carboxylic acids is 1. The van der Waals surface area contributed by atoms with Gasteiger partial charge in [-0.15, -0.1) is 0 Å². The highest BCUT2D eigenvalue weighted by Crippen LogP contribution is 2.32. The van der Waals surface area contributed by atoms with Crippen LogP contribution in [0.1, 0.15) is 70.6 Å². The van der Waals surface area contributed by atoms with E-state index in [0.717, 1.165) is 60.3 Å². The quantitative estimate of drug-likeness (QED) is 0.481. The molecule has 0 aliphatic carbocycles. The molecule has 0 fully saturated rings. The molecule has 0 spiro atoms. The first kappa shape index (κ1) is 24.9. The maximum absolute atomic E-state index is 13.3. The maximum atomic E-state index is 13.3. The van der Waals surface area contributed by atoms with Crippen LogP contribution in [-0.4, -0.2) is 41.6 Å². The van der Waals surface area contributed by atoms with Gasteiger partial charge in [-0.1, -0.05) is 30.3 Å². The van der Waals surface area contributed by atoms with Crippen molar-refractivity contribution >= 4 is 11.9 Å². The van der Waals surface area contributed by atoms with Crippen LogP contribution in [0.2, 0.25) is 0 Å². The summed E-state index contributed by atoms with van der Waals surface area (Å²) in [5, 5.41) is 9.66. The number of hydrogen-bond donors (Lipinski definition) is 1. The minimum absolute atomic E-state index is 0.00123. The van der Waals surface area contributed by atoms with Crippen LogP contribution in [0.25, 0.3) is 0 Å². The van der Waals surface area contributed by atoms with Crippen LogP contribution >= 0.6 is 0 Å². The van der Waals surface area contributed by atoms with Crippen LogP contribution in [0.3, 0.4) is 0 Å². The van der Waals surface area contributed by atoms with Gasteiger partial charge in [-0.2, -0.15) is 0 Å². The van der Waals surface area contributed by atoms with Gasteiger partial charge in [-0.25, -0.2) is 0 Å². The Morgan fingerprint density at radius 1 is 0.811 bits per heavy atom. The monoisotopic (exact) mass is 499 g/mol. The van der Waals surface area contributed by atoms with Gasteiger partial charge in [0.25, 0.3) is 5.91 Å². The van der Waals surface area contributed by atoms with Crippen molar-refractivity contribution in [3.63, 3.8) is 0 Å². The number of amides is 1. The van der Waals surface area contributed by atoms with Crippen molar-refractivity contribution in [3.8, 4) is 11.5 Å².